The van der Waals surface area contributed by atoms with Crippen LogP contribution in [0.1, 0.15) is 245 Å². The molecule has 0 saturated heterocycles. The van der Waals surface area contributed by atoms with Crippen LogP contribution in [0, 0.1) is 0 Å². The van der Waals surface area contributed by atoms with Crippen molar-refractivity contribution >= 4 is 5.97 Å². The summed E-state index contributed by atoms with van der Waals surface area (Å²) in [7, 11) is 0. The van der Waals surface area contributed by atoms with Crippen LogP contribution in [-0.2, 0) is 4.79 Å². The van der Waals surface area contributed by atoms with Gasteiger partial charge in [0.1, 0.15) is 0 Å². The van der Waals surface area contributed by atoms with Gasteiger partial charge in [-0.25, -0.2) is 0 Å². The second-order valence-electron chi connectivity index (χ2n) is 14.7. The van der Waals surface area contributed by atoms with E-state index in [-0.39, 0.29) is 25.4 Å². The van der Waals surface area contributed by atoms with Crippen molar-refractivity contribution in [2.45, 2.75) is 245 Å². The van der Waals surface area contributed by atoms with Crippen LogP contribution in [0.15, 0.2) is 0 Å². The molecular formula is C42H84LiNO2. The fourth-order valence-electron chi connectivity index (χ4n) is 6.93. The van der Waals surface area contributed by atoms with Crippen molar-refractivity contribution in [2.24, 2.45) is 0 Å². The number of hydrogen-bond acceptors (Lipinski definition) is 3. The molecule has 3 nitrogen and oxygen atoms in total. The van der Waals surface area contributed by atoms with Crippen LogP contribution < -0.4 is 24.0 Å². The molecule has 0 aromatic heterocycles. The van der Waals surface area contributed by atoms with Gasteiger partial charge in [0.25, 0.3) is 0 Å². The van der Waals surface area contributed by atoms with Crippen molar-refractivity contribution in [3.63, 3.8) is 0 Å². The first kappa shape index (κ1) is 48.1. The summed E-state index contributed by atoms with van der Waals surface area (Å²) in [5, 5.41) is 11.2. The zero-order valence-electron chi connectivity index (χ0n) is 32.3. The molecule has 0 bridgehead atoms. The van der Waals surface area contributed by atoms with Crippen LogP contribution in [0.4, 0.5) is 0 Å². The number of aliphatic carboxylic acids is 1. The third-order valence-corrected chi connectivity index (χ3v) is 10.0. The van der Waals surface area contributed by atoms with Gasteiger partial charge in [0, 0.05) is 6.54 Å². The standard InChI is InChI=1S/C42H85NO2.Li/c1-3-5-7-9-11-13-15-17-19-21-23-25-27-29-31-33-35-37-39-43(41-42(44)45)40-38-36-34-32-30-28-26-24-22-20-18-16-14-12-10-8-6-4-2;/h3-41H2,1-2H3,(H,44,45);/q;+1/p-1. The van der Waals surface area contributed by atoms with Crippen molar-refractivity contribution in [1.82, 2.24) is 4.90 Å². The van der Waals surface area contributed by atoms with E-state index in [2.05, 4.69) is 18.7 Å². The fraction of sp³-hybridized carbons (Fsp3) is 0.976. The molecule has 46 heavy (non-hydrogen) atoms. The Kier molecular flexibility index (Phi) is 45.1. The van der Waals surface area contributed by atoms with Crippen LogP contribution in [-0.4, -0.2) is 30.5 Å². The molecule has 4 heteroatoms. The van der Waals surface area contributed by atoms with Gasteiger partial charge in [0.15, 0.2) is 0 Å². The summed E-state index contributed by atoms with van der Waals surface area (Å²) in [4.78, 5) is 13.4. The van der Waals surface area contributed by atoms with Crippen LogP contribution in [0.2, 0.25) is 0 Å². The van der Waals surface area contributed by atoms with Gasteiger partial charge >= 0.3 is 18.9 Å². The Morgan fingerprint density at radius 2 is 0.522 bits per heavy atom. The Bertz CT molecular complexity index is 518. The summed E-state index contributed by atoms with van der Waals surface area (Å²) in [6.45, 7) is 6.54. The van der Waals surface area contributed by atoms with Crippen LogP contribution in [0.5, 0.6) is 0 Å². The summed E-state index contributed by atoms with van der Waals surface area (Å²) < 4.78 is 0. The molecule has 0 spiro atoms. The summed E-state index contributed by atoms with van der Waals surface area (Å²) >= 11 is 0. The summed E-state index contributed by atoms with van der Waals surface area (Å²) in [5.41, 5.74) is 0. The number of hydrogen-bond donors (Lipinski definition) is 0. The van der Waals surface area contributed by atoms with Crippen molar-refractivity contribution < 1.29 is 28.8 Å². The van der Waals surface area contributed by atoms with Gasteiger partial charge in [-0.05, 0) is 25.9 Å². The van der Waals surface area contributed by atoms with E-state index in [1.54, 1.807) is 0 Å². The molecule has 270 valence electrons. The first-order valence-corrected chi connectivity index (χ1v) is 21.1. The molecule has 0 fully saturated rings. The van der Waals surface area contributed by atoms with Crippen molar-refractivity contribution in [1.29, 1.82) is 0 Å². The van der Waals surface area contributed by atoms with Crippen LogP contribution in [0.25, 0.3) is 0 Å². The molecule has 0 aliphatic carbocycles. The molecule has 0 aliphatic rings. The Morgan fingerprint density at radius 1 is 0.348 bits per heavy atom. The van der Waals surface area contributed by atoms with Gasteiger partial charge in [-0.15, -0.1) is 0 Å². The van der Waals surface area contributed by atoms with Crippen molar-refractivity contribution in [2.75, 3.05) is 19.6 Å². The maximum Gasteiger partial charge on any atom is 1.00 e. The normalized spacial score (nSPS) is 11.4. The molecule has 0 rings (SSSR count). The van der Waals surface area contributed by atoms with Crippen LogP contribution >= 0.6 is 0 Å². The minimum absolute atomic E-state index is 0. The van der Waals surface area contributed by atoms with Gasteiger partial charge in [-0.3, -0.25) is 4.90 Å². The minimum Gasteiger partial charge on any atom is -0.549 e. The molecule has 0 amide bonds. The maximum atomic E-state index is 11.2. The van der Waals surface area contributed by atoms with Gasteiger partial charge < -0.3 is 9.90 Å². The molecule has 0 unspecified atom stereocenters. The number of carbonyl (C=O) groups excluding carboxylic acids is 1. The zero-order valence-corrected chi connectivity index (χ0v) is 32.3. The molecule has 0 saturated carbocycles. The SMILES string of the molecule is CCCCCCCCCCCCCCCCCCCCN(CCCCCCCCCCCCCCCCCCCC)CC(=O)[O-].[Li+]. The largest absolute Gasteiger partial charge is 1.00 e. The molecule has 0 aromatic carbocycles. The van der Waals surface area contributed by atoms with E-state index in [1.807, 2.05) is 0 Å². The molecule has 0 radical (unpaired) electrons. The van der Waals surface area contributed by atoms with Gasteiger partial charge in [-0.2, -0.15) is 0 Å². The average Bonchev–Trinajstić information content (AvgIpc) is 3.03. The third-order valence-electron chi connectivity index (χ3n) is 10.0. The Labute approximate surface area is 303 Å². The number of rotatable bonds is 40. The third kappa shape index (κ3) is 42.1. The summed E-state index contributed by atoms with van der Waals surface area (Å²) in [6.07, 6.45) is 49.9. The first-order valence-electron chi connectivity index (χ1n) is 21.1. The quantitative estimate of drug-likeness (QED) is 0.0494. The van der Waals surface area contributed by atoms with Gasteiger partial charge in [0.05, 0.1) is 5.97 Å². The second-order valence-corrected chi connectivity index (χ2v) is 14.7. The van der Waals surface area contributed by atoms with E-state index < -0.39 is 5.97 Å². The predicted octanol–water partition coefficient (Wildman–Crippen LogP) is 10.1. The van der Waals surface area contributed by atoms with E-state index in [1.165, 1.54) is 218 Å². The molecular weight excluding hydrogens is 557 g/mol. The monoisotopic (exact) mass is 642 g/mol. The van der Waals surface area contributed by atoms with E-state index in [4.69, 9.17) is 0 Å². The topological polar surface area (TPSA) is 43.4 Å². The number of carboxylic acid groups (broad SMARTS) is 1. The zero-order chi connectivity index (χ0) is 32.7. The predicted molar refractivity (Wildman–Crippen MR) is 199 cm³/mol. The van der Waals surface area contributed by atoms with Gasteiger partial charge in [-0.1, -0.05) is 232 Å². The van der Waals surface area contributed by atoms with E-state index in [0.717, 1.165) is 25.9 Å². The molecule has 0 N–H and O–H groups in total. The summed E-state index contributed by atoms with van der Waals surface area (Å²) in [6, 6.07) is 0. The number of nitrogens with zero attached hydrogens (tertiary/aromatic N) is 1. The summed E-state index contributed by atoms with van der Waals surface area (Å²) in [5.74, 6) is -0.917. The molecule has 0 aromatic rings. The molecule has 0 heterocycles. The number of unbranched alkanes of at least 4 members (excludes halogenated alkanes) is 34. The van der Waals surface area contributed by atoms with E-state index >= 15 is 0 Å². The number of carbonyl (C=O) groups is 1. The average molecular weight is 642 g/mol. The maximum absolute atomic E-state index is 11.2. The van der Waals surface area contributed by atoms with E-state index in [0.29, 0.717) is 0 Å². The Morgan fingerprint density at radius 3 is 0.696 bits per heavy atom. The van der Waals surface area contributed by atoms with E-state index in [9.17, 15) is 9.90 Å². The number of carboxylic acids is 1. The smallest absolute Gasteiger partial charge is 0.549 e. The second kappa shape index (κ2) is 43.0. The Hall–Kier alpha value is 0.0274. The minimum atomic E-state index is -0.917. The van der Waals surface area contributed by atoms with Crippen molar-refractivity contribution in [3.8, 4) is 0 Å². The van der Waals surface area contributed by atoms with Crippen molar-refractivity contribution in [3.05, 3.63) is 0 Å². The first-order chi connectivity index (χ1) is 22.2. The van der Waals surface area contributed by atoms with Crippen LogP contribution in [0.3, 0.4) is 0 Å². The fourth-order valence-corrected chi connectivity index (χ4v) is 6.93. The molecule has 0 aliphatic heterocycles. The molecule has 0 atom stereocenters. The Balaban J connectivity index is 0. The van der Waals surface area contributed by atoms with Gasteiger partial charge in [0.2, 0.25) is 0 Å².